The highest BCUT2D eigenvalue weighted by molar-refractivity contribution is 7.92. The first-order valence-corrected chi connectivity index (χ1v) is 12.4. The van der Waals surface area contributed by atoms with Crippen molar-refractivity contribution in [2.45, 2.75) is 36.8 Å². The average Bonchev–Trinajstić information content (AvgIpc) is 3.24. The van der Waals surface area contributed by atoms with Crippen LogP contribution in [0.2, 0.25) is 0 Å². The monoisotopic (exact) mass is 457 g/mol. The number of nitrogens with zero attached hydrogens (tertiary/aromatic N) is 3. The highest BCUT2D eigenvalue weighted by Crippen LogP contribution is 2.32. The van der Waals surface area contributed by atoms with Gasteiger partial charge in [0, 0.05) is 36.2 Å². The molecule has 1 aliphatic rings. The van der Waals surface area contributed by atoms with Crippen LogP contribution in [0, 0.1) is 24.0 Å². The topological polar surface area (TPSA) is 93.4 Å². The van der Waals surface area contributed by atoms with Gasteiger partial charge in [0.05, 0.1) is 20.8 Å². The molecular formula is C22H23N3O4S2. The number of thiazole rings is 1. The molecule has 4 rings (SSSR count). The summed E-state index contributed by atoms with van der Waals surface area (Å²) in [5.41, 5.74) is 4.19. The first kappa shape index (κ1) is 21.5. The SMILES string of the molecule is Cc1cc(C)cc(-c2csc(N3CCC(S(=O)(=O)c4cccc([N+](=O)[O-])c4)CC3)n2)c1. The fraction of sp³-hybridized carbons (Fsp3) is 0.318. The van der Waals surface area contributed by atoms with Crippen LogP contribution in [0.5, 0.6) is 0 Å². The fourth-order valence-corrected chi connectivity index (χ4v) is 6.65. The summed E-state index contributed by atoms with van der Waals surface area (Å²) in [6.45, 7) is 5.30. The van der Waals surface area contributed by atoms with Crippen molar-refractivity contribution in [1.82, 2.24) is 4.98 Å². The van der Waals surface area contributed by atoms with E-state index in [1.807, 2.05) is 5.38 Å². The molecule has 31 heavy (non-hydrogen) atoms. The lowest BCUT2D eigenvalue weighted by Gasteiger charge is -2.31. The third-order valence-corrected chi connectivity index (χ3v) is 8.68. The van der Waals surface area contributed by atoms with Gasteiger partial charge in [-0.15, -0.1) is 11.3 Å². The fourth-order valence-electron chi connectivity index (χ4n) is 3.99. The zero-order chi connectivity index (χ0) is 22.2. The number of sulfone groups is 1. The van der Waals surface area contributed by atoms with Crippen molar-refractivity contribution >= 4 is 32.0 Å². The van der Waals surface area contributed by atoms with Crippen molar-refractivity contribution in [3.05, 3.63) is 69.1 Å². The van der Waals surface area contributed by atoms with Crippen LogP contribution in [0.3, 0.4) is 0 Å². The number of anilines is 1. The summed E-state index contributed by atoms with van der Waals surface area (Å²) >= 11 is 1.56. The van der Waals surface area contributed by atoms with Crippen LogP contribution in [-0.4, -0.2) is 36.7 Å². The maximum Gasteiger partial charge on any atom is 0.270 e. The molecule has 0 amide bonds. The normalized spacial score (nSPS) is 15.2. The van der Waals surface area contributed by atoms with Gasteiger partial charge in [-0.3, -0.25) is 10.1 Å². The third kappa shape index (κ3) is 4.47. The van der Waals surface area contributed by atoms with Crippen molar-refractivity contribution in [3.8, 4) is 11.3 Å². The molecule has 2 aromatic carbocycles. The number of hydrogen-bond donors (Lipinski definition) is 0. The van der Waals surface area contributed by atoms with Crippen molar-refractivity contribution in [1.29, 1.82) is 0 Å². The van der Waals surface area contributed by atoms with E-state index in [2.05, 4.69) is 36.9 Å². The molecular weight excluding hydrogens is 434 g/mol. The average molecular weight is 458 g/mol. The van der Waals surface area contributed by atoms with E-state index in [1.54, 1.807) is 11.3 Å². The first-order chi connectivity index (χ1) is 14.7. The highest BCUT2D eigenvalue weighted by Gasteiger charge is 2.33. The van der Waals surface area contributed by atoms with Gasteiger partial charge in [-0.25, -0.2) is 13.4 Å². The molecule has 0 aliphatic carbocycles. The molecule has 0 radical (unpaired) electrons. The quantitative estimate of drug-likeness (QED) is 0.404. The standard InChI is InChI=1S/C22H23N3O4S2/c1-15-10-16(2)12-17(11-15)21-14-30-22(23-21)24-8-6-19(7-9-24)31(28,29)20-5-3-4-18(13-20)25(26)27/h3-5,10-14,19H,6-9H2,1-2H3. The molecule has 0 unspecified atom stereocenters. The van der Waals surface area contributed by atoms with E-state index in [9.17, 15) is 18.5 Å². The number of non-ortho nitro benzene ring substituents is 1. The lowest BCUT2D eigenvalue weighted by Crippen LogP contribution is -2.39. The zero-order valence-corrected chi connectivity index (χ0v) is 18.9. The van der Waals surface area contributed by atoms with Crippen LogP contribution < -0.4 is 4.90 Å². The van der Waals surface area contributed by atoms with E-state index in [4.69, 9.17) is 4.98 Å². The van der Waals surface area contributed by atoms with E-state index in [0.29, 0.717) is 25.9 Å². The molecule has 1 aromatic heterocycles. The van der Waals surface area contributed by atoms with Crippen molar-refractivity contribution in [2.75, 3.05) is 18.0 Å². The summed E-state index contributed by atoms with van der Waals surface area (Å²) in [5.74, 6) is 0. The lowest BCUT2D eigenvalue weighted by atomic mass is 10.1. The molecule has 0 saturated carbocycles. The molecule has 162 valence electrons. The van der Waals surface area contributed by atoms with Gasteiger partial charge in [-0.2, -0.15) is 0 Å². The molecule has 2 heterocycles. The number of nitro benzene ring substituents is 1. The smallest absolute Gasteiger partial charge is 0.270 e. The predicted octanol–water partition coefficient (Wildman–Crippen LogP) is 4.78. The Hall–Kier alpha value is -2.78. The van der Waals surface area contributed by atoms with Gasteiger partial charge in [-0.05, 0) is 44.9 Å². The van der Waals surface area contributed by atoms with Crippen LogP contribution in [0.25, 0.3) is 11.3 Å². The molecule has 1 aliphatic heterocycles. The Bertz CT molecular complexity index is 1210. The van der Waals surface area contributed by atoms with Gasteiger partial charge in [0.15, 0.2) is 15.0 Å². The van der Waals surface area contributed by atoms with Gasteiger partial charge in [0.25, 0.3) is 5.69 Å². The number of nitro groups is 1. The minimum atomic E-state index is -3.62. The van der Waals surface area contributed by atoms with E-state index >= 15 is 0 Å². The molecule has 3 aromatic rings. The second kappa shape index (κ2) is 8.39. The van der Waals surface area contributed by atoms with Crippen molar-refractivity contribution in [2.24, 2.45) is 0 Å². The molecule has 0 bridgehead atoms. The summed E-state index contributed by atoms with van der Waals surface area (Å²) in [7, 11) is -3.62. The van der Waals surface area contributed by atoms with Crippen molar-refractivity contribution < 1.29 is 13.3 Å². The van der Waals surface area contributed by atoms with Gasteiger partial charge in [0.2, 0.25) is 0 Å². The number of hydrogen-bond acceptors (Lipinski definition) is 7. The minimum Gasteiger partial charge on any atom is -0.348 e. The maximum atomic E-state index is 13.0. The second-order valence-electron chi connectivity index (χ2n) is 7.88. The summed E-state index contributed by atoms with van der Waals surface area (Å²) < 4.78 is 26.0. The summed E-state index contributed by atoms with van der Waals surface area (Å²) in [6, 6.07) is 11.7. The van der Waals surface area contributed by atoms with Gasteiger partial charge >= 0.3 is 0 Å². The molecule has 1 fully saturated rings. The van der Waals surface area contributed by atoms with E-state index in [-0.39, 0.29) is 10.6 Å². The summed E-state index contributed by atoms with van der Waals surface area (Å²) in [4.78, 5) is 17.3. The largest absolute Gasteiger partial charge is 0.348 e. The van der Waals surface area contributed by atoms with E-state index in [1.165, 1.54) is 29.3 Å². The van der Waals surface area contributed by atoms with Gasteiger partial charge < -0.3 is 4.90 Å². The van der Waals surface area contributed by atoms with Crippen LogP contribution in [0.15, 0.2) is 52.7 Å². The highest BCUT2D eigenvalue weighted by atomic mass is 32.2. The Morgan fingerprint density at radius 3 is 2.42 bits per heavy atom. The van der Waals surface area contributed by atoms with E-state index < -0.39 is 20.0 Å². The Morgan fingerprint density at radius 2 is 1.77 bits per heavy atom. The number of aromatic nitrogens is 1. The molecule has 0 spiro atoms. The molecule has 1 saturated heterocycles. The third-order valence-electron chi connectivity index (χ3n) is 5.52. The summed E-state index contributed by atoms with van der Waals surface area (Å²) in [5, 5.41) is 13.4. The number of aryl methyl sites for hydroxylation is 2. The Kier molecular flexibility index (Phi) is 5.81. The van der Waals surface area contributed by atoms with Crippen LogP contribution in [-0.2, 0) is 9.84 Å². The predicted molar refractivity (Wildman–Crippen MR) is 123 cm³/mol. The first-order valence-electron chi connectivity index (χ1n) is 10.0. The second-order valence-corrected chi connectivity index (χ2v) is 10.9. The molecule has 0 atom stereocenters. The number of piperidine rings is 1. The number of benzene rings is 2. The van der Waals surface area contributed by atoms with Gasteiger partial charge in [0.1, 0.15) is 0 Å². The Balaban J connectivity index is 1.47. The van der Waals surface area contributed by atoms with Crippen molar-refractivity contribution in [3.63, 3.8) is 0 Å². The van der Waals surface area contributed by atoms with Crippen LogP contribution >= 0.6 is 11.3 Å². The zero-order valence-electron chi connectivity index (χ0n) is 17.3. The minimum absolute atomic E-state index is 0.0199. The maximum absolute atomic E-state index is 13.0. The Morgan fingerprint density at radius 1 is 1.10 bits per heavy atom. The lowest BCUT2D eigenvalue weighted by molar-refractivity contribution is -0.385. The van der Waals surface area contributed by atoms with Crippen LogP contribution in [0.1, 0.15) is 24.0 Å². The molecule has 9 heteroatoms. The number of rotatable bonds is 5. The molecule has 7 nitrogen and oxygen atoms in total. The van der Waals surface area contributed by atoms with Crippen LogP contribution in [0.4, 0.5) is 10.8 Å². The summed E-state index contributed by atoms with van der Waals surface area (Å²) in [6.07, 6.45) is 0.924. The van der Waals surface area contributed by atoms with E-state index in [0.717, 1.165) is 22.5 Å². The molecule has 0 N–H and O–H groups in total. The van der Waals surface area contributed by atoms with Gasteiger partial charge in [-0.1, -0.05) is 23.3 Å². The Labute approximate surface area is 185 Å².